The van der Waals surface area contributed by atoms with E-state index in [0.29, 0.717) is 17.2 Å². The van der Waals surface area contributed by atoms with Crippen LogP contribution in [0.15, 0.2) is 72.8 Å². The Labute approximate surface area is 227 Å². The van der Waals surface area contributed by atoms with Crippen LogP contribution < -0.4 is 14.2 Å². The summed E-state index contributed by atoms with van der Waals surface area (Å²) in [5, 5.41) is 26.8. The summed E-state index contributed by atoms with van der Waals surface area (Å²) in [6, 6.07) is 23.8. The Kier molecular flexibility index (Phi) is 10.3. The lowest BCUT2D eigenvalue weighted by Gasteiger charge is -2.45. The number of carboxylic acids is 2. The number of methoxy groups -OCH3 is 3. The minimum atomic E-state index is -1.82. The zero-order chi connectivity index (χ0) is 28.4. The molecular formula is C29H34N2O8. The van der Waals surface area contributed by atoms with E-state index in [-0.39, 0.29) is 0 Å². The van der Waals surface area contributed by atoms with Crippen molar-refractivity contribution in [1.29, 1.82) is 0 Å². The molecule has 3 aromatic rings. The highest BCUT2D eigenvalue weighted by Crippen LogP contribution is 2.39. The second-order valence-corrected chi connectivity index (χ2v) is 8.81. The molecule has 1 aliphatic heterocycles. The predicted molar refractivity (Wildman–Crippen MR) is 144 cm³/mol. The Morgan fingerprint density at radius 3 is 1.54 bits per heavy atom. The molecule has 0 amide bonds. The van der Waals surface area contributed by atoms with Crippen LogP contribution in [-0.2, 0) is 21.9 Å². The summed E-state index contributed by atoms with van der Waals surface area (Å²) in [7, 11) is 4.88. The van der Waals surface area contributed by atoms with Gasteiger partial charge in [-0.3, -0.25) is 9.80 Å². The second kappa shape index (κ2) is 13.6. The second-order valence-electron chi connectivity index (χ2n) is 8.81. The number of aliphatic carboxylic acids is 2. The molecule has 1 saturated heterocycles. The van der Waals surface area contributed by atoms with Gasteiger partial charge in [-0.05, 0) is 17.7 Å². The maximum Gasteiger partial charge on any atom is 0.414 e. The summed E-state index contributed by atoms with van der Waals surface area (Å²) < 4.78 is 16.4. The van der Waals surface area contributed by atoms with Gasteiger partial charge in [0.25, 0.3) is 0 Å². The summed E-state index contributed by atoms with van der Waals surface area (Å²) in [5.74, 6) is -1.73. The molecule has 208 valence electrons. The number of hydrogen-bond donors (Lipinski definition) is 3. The van der Waals surface area contributed by atoms with E-state index in [1.807, 2.05) is 72.8 Å². The highest BCUT2D eigenvalue weighted by Gasteiger charge is 2.39. The highest BCUT2D eigenvalue weighted by molar-refractivity contribution is 6.27. The molecule has 0 radical (unpaired) electrons. The van der Waals surface area contributed by atoms with Crippen molar-refractivity contribution in [3.63, 3.8) is 0 Å². The fraction of sp³-hybridized carbons (Fsp3) is 0.310. The van der Waals surface area contributed by atoms with Crippen LogP contribution in [0.1, 0.15) is 16.7 Å². The molecule has 0 atom stereocenters. The quantitative estimate of drug-likeness (QED) is 0.368. The molecule has 10 heteroatoms. The summed E-state index contributed by atoms with van der Waals surface area (Å²) >= 11 is 0. The van der Waals surface area contributed by atoms with Gasteiger partial charge in [0.2, 0.25) is 5.75 Å². The first kappa shape index (κ1) is 29.4. The number of ether oxygens (including phenoxy) is 3. The third-order valence-electron chi connectivity index (χ3n) is 6.50. The van der Waals surface area contributed by atoms with Crippen LogP contribution in [0.4, 0.5) is 0 Å². The SMILES string of the molecule is COc1cc(CN2CCN(C(O)(c3ccccc3)c3ccccc3)CC2)cc(OC)c1OC.O=C(O)C(=O)O. The molecule has 0 aliphatic carbocycles. The zero-order valence-corrected chi connectivity index (χ0v) is 22.2. The van der Waals surface area contributed by atoms with E-state index in [1.54, 1.807) is 21.3 Å². The first-order chi connectivity index (χ1) is 18.7. The highest BCUT2D eigenvalue weighted by atomic mass is 16.5. The number of benzene rings is 3. The average Bonchev–Trinajstić information content (AvgIpc) is 2.97. The fourth-order valence-electron chi connectivity index (χ4n) is 4.59. The smallest absolute Gasteiger partial charge is 0.414 e. The van der Waals surface area contributed by atoms with E-state index >= 15 is 0 Å². The van der Waals surface area contributed by atoms with Gasteiger partial charge in [0.1, 0.15) is 0 Å². The summed E-state index contributed by atoms with van der Waals surface area (Å²) in [6.45, 7) is 3.91. The van der Waals surface area contributed by atoms with Gasteiger partial charge < -0.3 is 29.5 Å². The zero-order valence-electron chi connectivity index (χ0n) is 22.2. The van der Waals surface area contributed by atoms with Crippen molar-refractivity contribution < 1.29 is 39.1 Å². The maximum atomic E-state index is 12.0. The van der Waals surface area contributed by atoms with E-state index in [1.165, 1.54) is 0 Å². The monoisotopic (exact) mass is 538 g/mol. The molecule has 1 aliphatic rings. The number of aliphatic hydroxyl groups is 1. The molecule has 39 heavy (non-hydrogen) atoms. The number of carboxylic acid groups (broad SMARTS) is 2. The standard InChI is InChI=1S/C27H32N2O4.C2H2O4/c1-31-24-18-21(19-25(32-2)26(24)33-3)20-28-14-16-29(17-15-28)27(30,22-10-6-4-7-11-22)23-12-8-5-9-13-23;3-1(4)2(5)6/h4-13,18-19,30H,14-17,20H2,1-3H3;(H,3,4)(H,5,6). The Morgan fingerprint density at radius 1 is 0.744 bits per heavy atom. The molecule has 10 nitrogen and oxygen atoms in total. The van der Waals surface area contributed by atoms with Gasteiger partial charge in [-0.15, -0.1) is 0 Å². The van der Waals surface area contributed by atoms with Gasteiger partial charge in [-0.25, -0.2) is 9.59 Å². The minimum absolute atomic E-state index is 0.601. The number of piperazine rings is 1. The molecule has 4 rings (SSSR count). The summed E-state index contributed by atoms with van der Waals surface area (Å²) in [6.07, 6.45) is 0. The average molecular weight is 539 g/mol. The van der Waals surface area contributed by atoms with Gasteiger partial charge in [0.15, 0.2) is 17.2 Å². The van der Waals surface area contributed by atoms with Crippen LogP contribution in [0.2, 0.25) is 0 Å². The van der Waals surface area contributed by atoms with Gasteiger partial charge in [0, 0.05) is 43.9 Å². The topological polar surface area (TPSA) is 129 Å². The number of hydrogen-bond acceptors (Lipinski definition) is 8. The third kappa shape index (κ3) is 7.05. The molecule has 3 aromatic carbocycles. The van der Waals surface area contributed by atoms with Crippen molar-refractivity contribution in [3.8, 4) is 17.2 Å². The van der Waals surface area contributed by atoms with E-state index in [0.717, 1.165) is 49.4 Å². The molecule has 0 saturated carbocycles. The van der Waals surface area contributed by atoms with Crippen molar-refractivity contribution in [2.24, 2.45) is 0 Å². The molecule has 0 unspecified atom stereocenters. The van der Waals surface area contributed by atoms with E-state index in [2.05, 4.69) is 9.80 Å². The van der Waals surface area contributed by atoms with Gasteiger partial charge >= 0.3 is 11.9 Å². The Morgan fingerprint density at radius 2 is 1.18 bits per heavy atom. The normalized spacial score (nSPS) is 14.1. The largest absolute Gasteiger partial charge is 0.493 e. The molecule has 3 N–H and O–H groups in total. The number of nitrogens with zero attached hydrogens (tertiary/aromatic N) is 2. The van der Waals surface area contributed by atoms with Crippen LogP contribution in [0, 0.1) is 0 Å². The van der Waals surface area contributed by atoms with Crippen LogP contribution in [0.25, 0.3) is 0 Å². The third-order valence-corrected chi connectivity index (χ3v) is 6.50. The van der Waals surface area contributed by atoms with E-state index < -0.39 is 17.7 Å². The van der Waals surface area contributed by atoms with Crippen molar-refractivity contribution in [3.05, 3.63) is 89.5 Å². The van der Waals surface area contributed by atoms with Gasteiger partial charge in [0.05, 0.1) is 21.3 Å². The number of rotatable bonds is 8. The van der Waals surface area contributed by atoms with Crippen molar-refractivity contribution in [2.45, 2.75) is 12.3 Å². The lowest BCUT2D eigenvalue weighted by Crippen LogP contribution is -2.55. The van der Waals surface area contributed by atoms with E-state index in [4.69, 9.17) is 34.0 Å². The van der Waals surface area contributed by atoms with Crippen LogP contribution in [-0.4, -0.2) is 84.6 Å². The summed E-state index contributed by atoms with van der Waals surface area (Å²) in [5.41, 5.74) is 1.70. The Bertz CT molecular complexity index is 1150. The van der Waals surface area contributed by atoms with Crippen LogP contribution >= 0.6 is 0 Å². The molecule has 0 spiro atoms. The van der Waals surface area contributed by atoms with E-state index in [9.17, 15) is 5.11 Å². The van der Waals surface area contributed by atoms with Crippen LogP contribution in [0.3, 0.4) is 0 Å². The summed E-state index contributed by atoms with van der Waals surface area (Å²) in [4.78, 5) is 22.8. The number of carbonyl (C=O) groups is 2. The lowest BCUT2D eigenvalue weighted by molar-refractivity contribution is -0.159. The molecule has 0 aromatic heterocycles. The lowest BCUT2D eigenvalue weighted by atomic mass is 9.92. The van der Waals surface area contributed by atoms with Gasteiger partial charge in [-0.1, -0.05) is 60.7 Å². The molecule has 1 heterocycles. The van der Waals surface area contributed by atoms with Crippen molar-refractivity contribution in [2.75, 3.05) is 47.5 Å². The Hall–Kier alpha value is -4.12. The van der Waals surface area contributed by atoms with Crippen molar-refractivity contribution in [1.82, 2.24) is 9.80 Å². The van der Waals surface area contributed by atoms with Crippen molar-refractivity contribution >= 4 is 11.9 Å². The minimum Gasteiger partial charge on any atom is -0.493 e. The fourth-order valence-corrected chi connectivity index (χ4v) is 4.59. The first-order valence-corrected chi connectivity index (χ1v) is 12.3. The molecule has 0 bridgehead atoms. The van der Waals surface area contributed by atoms with Gasteiger partial charge in [-0.2, -0.15) is 0 Å². The molecular weight excluding hydrogens is 504 g/mol. The first-order valence-electron chi connectivity index (χ1n) is 12.3. The predicted octanol–water partition coefficient (Wildman–Crippen LogP) is 2.88. The Balaban J connectivity index is 0.000000631. The maximum absolute atomic E-state index is 12.0. The molecule has 1 fully saturated rings. The van der Waals surface area contributed by atoms with Crippen LogP contribution in [0.5, 0.6) is 17.2 Å².